The first-order valence-electron chi connectivity index (χ1n) is 9.13. The lowest BCUT2D eigenvalue weighted by atomic mass is 10.1. The van der Waals surface area contributed by atoms with Gasteiger partial charge in [-0.15, -0.1) is 11.3 Å². The molecule has 0 bridgehead atoms. The SMILES string of the molecule is Cc1[nH]c2ccccc2c1C(=O)COC(=O)c1csc(NCc2ccccc2)n1. The first-order valence-corrected chi connectivity index (χ1v) is 10.0. The van der Waals surface area contributed by atoms with E-state index in [4.69, 9.17) is 4.74 Å². The third-order valence-corrected chi connectivity index (χ3v) is 5.31. The number of fused-ring (bicyclic) bond motifs is 1. The first kappa shape index (κ1) is 18.9. The van der Waals surface area contributed by atoms with E-state index in [-0.39, 0.29) is 18.1 Å². The van der Waals surface area contributed by atoms with E-state index >= 15 is 0 Å². The van der Waals surface area contributed by atoms with Gasteiger partial charge >= 0.3 is 5.97 Å². The molecule has 0 aliphatic carbocycles. The van der Waals surface area contributed by atoms with E-state index in [1.807, 2.05) is 61.5 Å². The number of carbonyl (C=O) groups is 2. The number of nitrogens with one attached hydrogen (secondary N) is 2. The number of nitrogens with zero attached hydrogens (tertiary/aromatic N) is 1. The minimum Gasteiger partial charge on any atom is -0.453 e. The van der Waals surface area contributed by atoms with E-state index in [2.05, 4.69) is 15.3 Å². The van der Waals surface area contributed by atoms with Gasteiger partial charge in [-0.05, 0) is 18.6 Å². The third-order valence-electron chi connectivity index (χ3n) is 4.51. The Hall–Kier alpha value is -3.45. The molecular weight excluding hydrogens is 386 g/mol. The molecule has 0 saturated heterocycles. The number of benzene rings is 2. The summed E-state index contributed by atoms with van der Waals surface area (Å²) in [5.41, 5.74) is 3.50. The van der Waals surface area contributed by atoms with E-state index in [0.717, 1.165) is 22.2 Å². The van der Waals surface area contributed by atoms with E-state index < -0.39 is 5.97 Å². The van der Waals surface area contributed by atoms with Crippen molar-refractivity contribution in [2.75, 3.05) is 11.9 Å². The summed E-state index contributed by atoms with van der Waals surface area (Å²) in [6, 6.07) is 17.5. The van der Waals surface area contributed by atoms with Crippen LogP contribution in [0.3, 0.4) is 0 Å². The number of para-hydroxylation sites is 1. The van der Waals surface area contributed by atoms with Crippen molar-refractivity contribution in [1.29, 1.82) is 0 Å². The smallest absolute Gasteiger partial charge is 0.358 e. The number of aryl methyl sites for hydroxylation is 1. The van der Waals surface area contributed by atoms with Crippen LogP contribution in [0.5, 0.6) is 0 Å². The van der Waals surface area contributed by atoms with Gasteiger partial charge in [0.05, 0.1) is 0 Å². The van der Waals surface area contributed by atoms with Crippen LogP contribution in [0, 0.1) is 6.92 Å². The molecule has 2 aromatic heterocycles. The average molecular weight is 405 g/mol. The molecular formula is C22H19N3O3S. The number of carbonyl (C=O) groups excluding carboxylic acids is 2. The van der Waals surface area contributed by atoms with E-state index in [1.54, 1.807) is 5.38 Å². The number of hydrogen-bond donors (Lipinski definition) is 2. The number of thiazole rings is 1. The quantitative estimate of drug-likeness (QED) is 0.347. The lowest BCUT2D eigenvalue weighted by Gasteiger charge is -2.04. The Labute approximate surface area is 171 Å². The molecule has 7 heteroatoms. The molecule has 0 radical (unpaired) electrons. The Morgan fingerprint density at radius 1 is 1.10 bits per heavy atom. The van der Waals surface area contributed by atoms with Crippen molar-refractivity contribution >= 4 is 39.1 Å². The molecule has 29 heavy (non-hydrogen) atoms. The van der Waals surface area contributed by atoms with Crippen LogP contribution in [0.2, 0.25) is 0 Å². The lowest BCUT2D eigenvalue weighted by Crippen LogP contribution is -2.15. The lowest BCUT2D eigenvalue weighted by molar-refractivity contribution is 0.0470. The fourth-order valence-electron chi connectivity index (χ4n) is 3.14. The highest BCUT2D eigenvalue weighted by atomic mass is 32.1. The number of aromatic amines is 1. The van der Waals surface area contributed by atoms with Gasteiger partial charge in [-0.1, -0.05) is 48.5 Å². The highest BCUT2D eigenvalue weighted by Gasteiger charge is 2.19. The highest BCUT2D eigenvalue weighted by Crippen LogP contribution is 2.23. The molecule has 0 saturated carbocycles. The van der Waals surface area contributed by atoms with Crippen LogP contribution in [0.25, 0.3) is 10.9 Å². The highest BCUT2D eigenvalue weighted by molar-refractivity contribution is 7.13. The van der Waals surface area contributed by atoms with Crippen molar-refractivity contribution < 1.29 is 14.3 Å². The Morgan fingerprint density at radius 3 is 2.69 bits per heavy atom. The second-order valence-corrected chi connectivity index (χ2v) is 7.41. The molecule has 4 rings (SSSR count). The molecule has 2 N–H and O–H groups in total. The van der Waals surface area contributed by atoms with Crippen LogP contribution in [0.4, 0.5) is 5.13 Å². The Kier molecular flexibility index (Phi) is 5.39. The van der Waals surface area contributed by atoms with Crippen molar-refractivity contribution in [1.82, 2.24) is 9.97 Å². The van der Waals surface area contributed by atoms with Gasteiger partial charge in [0, 0.05) is 34.1 Å². The summed E-state index contributed by atoms with van der Waals surface area (Å²) in [5, 5.41) is 6.25. The summed E-state index contributed by atoms with van der Waals surface area (Å²) in [5.74, 6) is -0.856. The van der Waals surface area contributed by atoms with Crippen LogP contribution in [0.1, 0.15) is 32.1 Å². The number of H-pyrrole nitrogens is 1. The molecule has 0 unspecified atom stereocenters. The zero-order valence-corrected chi connectivity index (χ0v) is 16.6. The largest absolute Gasteiger partial charge is 0.453 e. The standard InChI is InChI=1S/C22H19N3O3S/c1-14-20(16-9-5-6-10-17(16)24-14)19(26)12-28-21(27)18-13-29-22(25-18)23-11-15-7-3-2-4-8-15/h2-10,13,24H,11-12H2,1H3,(H,23,25). The summed E-state index contributed by atoms with van der Waals surface area (Å²) < 4.78 is 5.21. The molecule has 6 nitrogen and oxygen atoms in total. The van der Waals surface area contributed by atoms with Crippen molar-refractivity contribution in [3.05, 3.63) is 82.5 Å². The Morgan fingerprint density at radius 2 is 1.86 bits per heavy atom. The molecule has 0 aliphatic rings. The molecule has 0 amide bonds. The maximum atomic E-state index is 12.6. The summed E-state index contributed by atoms with van der Waals surface area (Å²) in [7, 11) is 0. The molecule has 0 atom stereocenters. The zero-order chi connectivity index (χ0) is 20.2. The molecule has 0 fully saturated rings. The third kappa shape index (κ3) is 4.20. The predicted octanol–water partition coefficient (Wildman–Crippen LogP) is 4.58. The van der Waals surface area contributed by atoms with Gasteiger partial charge in [-0.3, -0.25) is 4.79 Å². The zero-order valence-electron chi connectivity index (χ0n) is 15.8. The molecule has 0 aliphatic heterocycles. The maximum Gasteiger partial charge on any atom is 0.358 e. The number of ketones is 1. The van der Waals surface area contributed by atoms with Crippen LogP contribution in [-0.2, 0) is 11.3 Å². The number of esters is 1. The van der Waals surface area contributed by atoms with Crippen molar-refractivity contribution in [3.8, 4) is 0 Å². The summed E-state index contributed by atoms with van der Waals surface area (Å²) >= 11 is 1.32. The molecule has 2 aromatic carbocycles. The first-order chi connectivity index (χ1) is 14.1. The minimum absolute atomic E-state index is 0.189. The summed E-state index contributed by atoms with van der Waals surface area (Å²) in [6.45, 7) is 2.12. The van der Waals surface area contributed by atoms with Gasteiger partial charge in [-0.25, -0.2) is 9.78 Å². The monoisotopic (exact) mass is 405 g/mol. The Bertz CT molecular complexity index is 1160. The van der Waals surface area contributed by atoms with Gasteiger partial charge in [-0.2, -0.15) is 0 Å². The topological polar surface area (TPSA) is 84.1 Å². The second-order valence-electron chi connectivity index (χ2n) is 6.55. The minimum atomic E-state index is -0.611. The Balaban J connectivity index is 1.36. The van der Waals surface area contributed by atoms with E-state index in [1.165, 1.54) is 11.3 Å². The summed E-state index contributed by atoms with van der Waals surface area (Å²) in [6.07, 6.45) is 0. The second kappa shape index (κ2) is 8.28. The number of anilines is 1. The number of ether oxygens (including phenoxy) is 1. The number of hydrogen-bond acceptors (Lipinski definition) is 6. The van der Waals surface area contributed by atoms with Crippen LogP contribution in [0.15, 0.2) is 60.0 Å². The normalized spacial score (nSPS) is 10.8. The van der Waals surface area contributed by atoms with Crippen molar-refractivity contribution in [3.63, 3.8) is 0 Å². The van der Waals surface area contributed by atoms with Crippen molar-refractivity contribution in [2.24, 2.45) is 0 Å². The van der Waals surface area contributed by atoms with Crippen molar-refractivity contribution in [2.45, 2.75) is 13.5 Å². The molecule has 2 heterocycles. The number of aromatic nitrogens is 2. The fourth-order valence-corrected chi connectivity index (χ4v) is 3.81. The summed E-state index contributed by atoms with van der Waals surface area (Å²) in [4.78, 5) is 32.3. The van der Waals surface area contributed by atoms with Crippen LogP contribution >= 0.6 is 11.3 Å². The van der Waals surface area contributed by atoms with Gasteiger partial charge in [0.25, 0.3) is 0 Å². The van der Waals surface area contributed by atoms with Gasteiger partial charge in [0.2, 0.25) is 5.78 Å². The van der Waals surface area contributed by atoms with Gasteiger partial charge < -0.3 is 15.0 Å². The molecule has 0 spiro atoms. The van der Waals surface area contributed by atoms with Gasteiger partial charge in [0.1, 0.15) is 0 Å². The van der Waals surface area contributed by atoms with Gasteiger partial charge in [0.15, 0.2) is 17.4 Å². The van der Waals surface area contributed by atoms with E-state index in [0.29, 0.717) is 17.2 Å². The molecule has 4 aromatic rings. The number of Topliss-reactive ketones (excluding diaryl/α,β-unsaturated/α-hetero) is 1. The maximum absolute atomic E-state index is 12.6. The predicted molar refractivity (Wildman–Crippen MR) is 114 cm³/mol. The number of rotatable bonds is 7. The van der Waals surface area contributed by atoms with Crippen LogP contribution in [-0.4, -0.2) is 28.3 Å². The molecule has 146 valence electrons. The van der Waals surface area contributed by atoms with E-state index in [9.17, 15) is 9.59 Å². The average Bonchev–Trinajstić information content (AvgIpc) is 3.34. The van der Waals surface area contributed by atoms with Crippen LogP contribution < -0.4 is 5.32 Å². The fraction of sp³-hybridized carbons (Fsp3) is 0.136.